The smallest absolute Gasteiger partial charge is 0.237 e. The van der Waals surface area contributed by atoms with Crippen molar-refractivity contribution in [1.82, 2.24) is 4.90 Å². The van der Waals surface area contributed by atoms with E-state index in [0.717, 1.165) is 40.3 Å². The first-order valence-corrected chi connectivity index (χ1v) is 12.0. The van der Waals surface area contributed by atoms with Crippen LogP contribution in [0.2, 0.25) is 0 Å². The number of nitrogens with one attached hydrogen (secondary N) is 1. The molecule has 1 aliphatic rings. The Kier molecular flexibility index (Phi) is 7.70. The lowest BCUT2D eigenvalue weighted by Crippen LogP contribution is -2.32. The summed E-state index contributed by atoms with van der Waals surface area (Å²) in [6.07, 6.45) is 0. The van der Waals surface area contributed by atoms with Crippen molar-refractivity contribution in [3.05, 3.63) is 58.1 Å². The minimum atomic E-state index is -0.156. The number of anilines is 1. The van der Waals surface area contributed by atoms with E-state index in [2.05, 4.69) is 45.2 Å². The van der Waals surface area contributed by atoms with Gasteiger partial charge in [-0.1, -0.05) is 28.1 Å². The standard InChI is InChI=1S/C21H25BrN2OS2/c1-15-13-17(14-24-9-11-26-12-10-24)3-8-20(15)23-21(25)16(2)27-19-6-4-18(22)5-7-19/h3-8,13,16H,9-12,14H2,1-2H3,(H,23,25). The Morgan fingerprint density at radius 3 is 2.59 bits per heavy atom. The van der Waals surface area contributed by atoms with Crippen LogP contribution in [0.15, 0.2) is 51.8 Å². The van der Waals surface area contributed by atoms with E-state index >= 15 is 0 Å². The van der Waals surface area contributed by atoms with Crippen LogP contribution in [0.25, 0.3) is 0 Å². The maximum absolute atomic E-state index is 12.6. The van der Waals surface area contributed by atoms with Gasteiger partial charge in [0.05, 0.1) is 5.25 Å². The summed E-state index contributed by atoms with van der Waals surface area (Å²) >= 11 is 7.04. The number of rotatable bonds is 6. The molecule has 1 amide bonds. The number of thioether (sulfide) groups is 2. The van der Waals surface area contributed by atoms with Crippen molar-refractivity contribution in [2.75, 3.05) is 29.9 Å². The fraction of sp³-hybridized carbons (Fsp3) is 0.381. The molecular formula is C21H25BrN2OS2. The van der Waals surface area contributed by atoms with Crippen molar-refractivity contribution >= 4 is 51.0 Å². The van der Waals surface area contributed by atoms with Crippen molar-refractivity contribution in [3.63, 3.8) is 0 Å². The lowest BCUT2D eigenvalue weighted by molar-refractivity contribution is -0.115. The van der Waals surface area contributed by atoms with E-state index in [1.807, 2.05) is 49.0 Å². The normalized spacial score (nSPS) is 16.1. The van der Waals surface area contributed by atoms with Crippen molar-refractivity contribution in [3.8, 4) is 0 Å². The Labute approximate surface area is 178 Å². The summed E-state index contributed by atoms with van der Waals surface area (Å²) in [4.78, 5) is 16.2. The quantitative estimate of drug-likeness (QED) is 0.577. The molecule has 3 nitrogen and oxygen atoms in total. The first kappa shape index (κ1) is 20.8. The van der Waals surface area contributed by atoms with Crippen molar-refractivity contribution in [1.29, 1.82) is 0 Å². The predicted octanol–water partition coefficient (Wildman–Crippen LogP) is 5.43. The van der Waals surface area contributed by atoms with Crippen LogP contribution in [0.3, 0.4) is 0 Å². The number of nitrogens with zero attached hydrogens (tertiary/aromatic N) is 1. The van der Waals surface area contributed by atoms with Gasteiger partial charge in [0.1, 0.15) is 0 Å². The molecule has 0 aromatic heterocycles. The van der Waals surface area contributed by atoms with E-state index < -0.39 is 0 Å². The van der Waals surface area contributed by atoms with E-state index in [0.29, 0.717) is 0 Å². The Morgan fingerprint density at radius 1 is 1.22 bits per heavy atom. The highest BCUT2D eigenvalue weighted by molar-refractivity contribution is 9.10. The SMILES string of the molecule is Cc1cc(CN2CCSCC2)ccc1NC(=O)C(C)Sc1ccc(Br)cc1. The van der Waals surface area contributed by atoms with E-state index in [-0.39, 0.29) is 11.2 Å². The largest absolute Gasteiger partial charge is 0.325 e. The number of hydrogen-bond donors (Lipinski definition) is 1. The lowest BCUT2D eigenvalue weighted by atomic mass is 10.1. The number of amides is 1. The fourth-order valence-electron chi connectivity index (χ4n) is 2.99. The van der Waals surface area contributed by atoms with Gasteiger partial charge in [-0.15, -0.1) is 11.8 Å². The van der Waals surface area contributed by atoms with Gasteiger partial charge in [-0.3, -0.25) is 9.69 Å². The maximum atomic E-state index is 12.6. The molecule has 27 heavy (non-hydrogen) atoms. The molecule has 1 atom stereocenters. The second-order valence-corrected chi connectivity index (χ2v) is 10.3. The molecule has 0 spiro atoms. The number of aryl methyl sites for hydroxylation is 1. The van der Waals surface area contributed by atoms with Crippen molar-refractivity contribution in [2.45, 2.75) is 30.5 Å². The molecule has 0 radical (unpaired) electrons. The Morgan fingerprint density at radius 2 is 1.93 bits per heavy atom. The molecule has 1 saturated heterocycles. The average molecular weight is 465 g/mol. The zero-order valence-corrected chi connectivity index (χ0v) is 18.9. The van der Waals surface area contributed by atoms with Crippen molar-refractivity contribution in [2.24, 2.45) is 0 Å². The summed E-state index contributed by atoms with van der Waals surface area (Å²) in [7, 11) is 0. The minimum absolute atomic E-state index is 0.0341. The van der Waals surface area contributed by atoms with Crippen LogP contribution in [0.4, 0.5) is 5.69 Å². The molecule has 6 heteroatoms. The highest BCUT2D eigenvalue weighted by Gasteiger charge is 2.16. The molecule has 3 rings (SSSR count). The molecule has 2 aromatic carbocycles. The molecule has 1 N–H and O–H groups in total. The number of benzene rings is 2. The number of carbonyl (C=O) groups excluding carboxylic acids is 1. The molecule has 0 aliphatic carbocycles. The summed E-state index contributed by atoms with van der Waals surface area (Å²) in [5, 5.41) is 2.93. The molecule has 144 valence electrons. The van der Waals surface area contributed by atoms with Gasteiger partial charge in [0.2, 0.25) is 5.91 Å². The lowest BCUT2D eigenvalue weighted by Gasteiger charge is -2.26. The molecule has 1 unspecified atom stereocenters. The zero-order valence-electron chi connectivity index (χ0n) is 15.7. The van der Waals surface area contributed by atoms with Crippen LogP contribution < -0.4 is 5.32 Å². The van der Waals surface area contributed by atoms with Crippen LogP contribution in [0.5, 0.6) is 0 Å². The van der Waals surface area contributed by atoms with Crippen LogP contribution in [0, 0.1) is 6.92 Å². The molecule has 1 fully saturated rings. The third-order valence-electron chi connectivity index (χ3n) is 4.55. The van der Waals surface area contributed by atoms with Gasteiger partial charge in [0, 0.05) is 46.2 Å². The van der Waals surface area contributed by atoms with Crippen LogP contribution in [-0.4, -0.2) is 40.7 Å². The van der Waals surface area contributed by atoms with Gasteiger partial charge >= 0.3 is 0 Å². The minimum Gasteiger partial charge on any atom is -0.325 e. The number of halogens is 1. The van der Waals surface area contributed by atoms with Gasteiger partial charge in [-0.05, 0) is 55.3 Å². The molecule has 0 bridgehead atoms. The maximum Gasteiger partial charge on any atom is 0.237 e. The summed E-state index contributed by atoms with van der Waals surface area (Å²) in [5.41, 5.74) is 3.34. The van der Waals surface area contributed by atoms with Gasteiger partial charge in [-0.2, -0.15) is 11.8 Å². The Balaban J connectivity index is 1.57. The van der Waals surface area contributed by atoms with Gasteiger partial charge < -0.3 is 5.32 Å². The summed E-state index contributed by atoms with van der Waals surface area (Å²) in [6.45, 7) is 7.32. The predicted molar refractivity (Wildman–Crippen MR) is 122 cm³/mol. The summed E-state index contributed by atoms with van der Waals surface area (Å²) < 4.78 is 1.04. The highest BCUT2D eigenvalue weighted by atomic mass is 79.9. The number of carbonyl (C=O) groups is 1. The monoisotopic (exact) mass is 464 g/mol. The highest BCUT2D eigenvalue weighted by Crippen LogP contribution is 2.26. The topological polar surface area (TPSA) is 32.3 Å². The summed E-state index contributed by atoms with van der Waals surface area (Å²) in [5.74, 6) is 2.48. The molecule has 1 heterocycles. The number of hydrogen-bond acceptors (Lipinski definition) is 4. The van der Waals surface area contributed by atoms with E-state index in [4.69, 9.17) is 0 Å². The molecule has 1 aliphatic heterocycles. The fourth-order valence-corrected chi connectivity index (χ4v) is 5.10. The second-order valence-electron chi connectivity index (χ2n) is 6.74. The van der Waals surface area contributed by atoms with Gasteiger partial charge in [0.15, 0.2) is 0 Å². The van der Waals surface area contributed by atoms with Crippen LogP contribution >= 0.6 is 39.5 Å². The molecule has 0 saturated carbocycles. The third kappa shape index (κ3) is 6.28. The van der Waals surface area contributed by atoms with Crippen molar-refractivity contribution < 1.29 is 4.79 Å². The van der Waals surface area contributed by atoms with Crippen LogP contribution in [-0.2, 0) is 11.3 Å². The van der Waals surface area contributed by atoms with Crippen LogP contribution in [0.1, 0.15) is 18.1 Å². The average Bonchev–Trinajstić information content (AvgIpc) is 2.66. The van der Waals surface area contributed by atoms with E-state index in [1.165, 1.54) is 17.1 Å². The Hall–Kier alpha value is -0.950. The molecular weight excluding hydrogens is 440 g/mol. The second kappa shape index (κ2) is 10.0. The summed E-state index contributed by atoms with van der Waals surface area (Å²) in [6, 6.07) is 14.4. The third-order valence-corrected chi connectivity index (χ3v) is 7.14. The van der Waals surface area contributed by atoms with Gasteiger partial charge in [-0.25, -0.2) is 0 Å². The first-order chi connectivity index (χ1) is 13.0. The zero-order chi connectivity index (χ0) is 19.2. The van der Waals surface area contributed by atoms with E-state index in [9.17, 15) is 4.79 Å². The van der Waals surface area contributed by atoms with Gasteiger partial charge in [0.25, 0.3) is 0 Å². The first-order valence-electron chi connectivity index (χ1n) is 9.14. The van der Waals surface area contributed by atoms with E-state index in [1.54, 1.807) is 11.8 Å². The molecule has 2 aromatic rings. The Bertz CT molecular complexity index is 776.